The van der Waals surface area contributed by atoms with E-state index in [2.05, 4.69) is 9.85 Å². The molecule has 0 spiro atoms. The van der Waals surface area contributed by atoms with Gasteiger partial charge in [0.1, 0.15) is 16.0 Å². The van der Waals surface area contributed by atoms with Crippen molar-refractivity contribution in [2.75, 3.05) is 18.6 Å². The number of halogens is 1. The van der Waals surface area contributed by atoms with Gasteiger partial charge in [0.05, 0.1) is 24.0 Å². The highest BCUT2D eigenvalue weighted by Gasteiger charge is 2.50. The molecule has 2 aliphatic carbocycles. The number of rotatable bonds is 5. The van der Waals surface area contributed by atoms with E-state index >= 15 is 4.39 Å². The number of benzene rings is 1. The Kier molecular flexibility index (Phi) is 3.93. The van der Waals surface area contributed by atoms with Crippen LogP contribution in [0.1, 0.15) is 31.7 Å². The highest BCUT2D eigenvalue weighted by molar-refractivity contribution is 7.12. The molecule has 0 saturated heterocycles. The summed E-state index contributed by atoms with van der Waals surface area (Å²) in [4.78, 5) is 32.8. The molecule has 0 radical (unpaired) electrons. The van der Waals surface area contributed by atoms with Crippen molar-refractivity contribution in [2.24, 2.45) is 11.7 Å². The first-order valence-electron chi connectivity index (χ1n) is 10.4. The number of nitrogens with zero attached hydrogens (tertiary/aromatic N) is 2. The predicted molar refractivity (Wildman–Crippen MR) is 118 cm³/mol. The molecule has 0 bridgehead atoms. The van der Waals surface area contributed by atoms with Gasteiger partial charge in [0.2, 0.25) is 5.43 Å². The number of anilines is 1. The zero-order chi connectivity index (χ0) is 21.5. The lowest BCUT2D eigenvalue weighted by Crippen LogP contribution is -2.39. The third kappa shape index (κ3) is 2.78. The molecule has 1 atom stereocenters. The Labute approximate surface area is 180 Å². The van der Waals surface area contributed by atoms with E-state index in [-0.39, 0.29) is 28.3 Å². The zero-order valence-corrected chi connectivity index (χ0v) is 17.7. The number of hydrogen-bond donors (Lipinski definition) is 3. The Balaban J connectivity index is 1.55. The average molecular weight is 444 g/mol. The summed E-state index contributed by atoms with van der Waals surface area (Å²) in [6.07, 6.45) is 5.60. The van der Waals surface area contributed by atoms with Crippen molar-refractivity contribution in [1.29, 1.82) is 0 Å². The highest BCUT2D eigenvalue weighted by Crippen LogP contribution is 2.46. The second-order valence-corrected chi connectivity index (χ2v) is 9.59. The van der Waals surface area contributed by atoms with Crippen LogP contribution in [0.5, 0.6) is 0 Å². The van der Waals surface area contributed by atoms with Crippen LogP contribution in [0, 0.1) is 11.7 Å². The fourth-order valence-corrected chi connectivity index (χ4v) is 5.65. The van der Waals surface area contributed by atoms with Gasteiger partial charge >= 0.3 is 0 Å². The molecule has 3 aliphatic rings. The number of hydrogen-bond acceptors (Lipinski definition) is 7. The standard InChI is InChI=1S/C21H22FN5O3S/c1-30-24-14-9-26(8-12(14)21(23)4-5-21)16-7-15-11(6-13(16)22)18(28)17-19(29)25-31-20(17)27(15)10-2-3-10/h6-7,9-10,12,24H,2-5,8,23H2,1H3,(H,25,29). The van der Waals surface area contributed by atoms with E-state index in [1.807, 2.05) is 15.7 Å². The lowest BCUT2D eigenvalue weighted by molar-refractivity contribution is 0.107. The first kappa shape index (κ1) is 19.0. The normalized spacial score (nSPS) is 22.4. The van der Waals surface area contributed by atoms with E-state index in [0.29, 0.717) is 22.6 Å². The van der Waals surface area contributed by atoms with Crippen LogP contribution in [0.25, 0.3) is 21.1 Å². The van der Waals surface area contributed by atoms with Gasteiger partial charge in [-0.3, -0.25) is 24.3 Å². The van der Waals surface area contributed by atoms with Crippen molar-refractivity contribution in [3.05, 3.63) is 50.4 Å². The molecule has 2 saturated carbocycles. The number of nitrogens with one attached hydrogen (secondary N) is 2. The van der Waals surface area contributed by atoms with E-state index in [1.54, 1.807) is 6.07 Å². The van der Waals surface area contributed by atoms with Crippen LogP contribution in [0.15, 0.2) is 33.6 Å². The molecule has 31 heavy (non-hydrogen) atoms. The number of H-pyrrole nitrogens is 1. The van der Waals surface area contributed by atoms with E-state index in [0.717, 1.165) is 42.9 Å². The first-order chi connectivity index (χ1) is 14.9. The summed E-state index contributed by atoms with van der Waals surface area (Å²) < 4.78 is 20.0. The zero-order valence-electron chi connectivity index (χ0n) is 16.9. The Morgan fingerprint density at radius 3 is 2.77 bits per heavy atom. The number of aromatic amines is 1. The predicted octanol–water partition coefficient (Wildman–Crippen LogP) is 2.30. The summed E-state index contributed by atoms with van der Waals surface area (Å²) in [5.41, 5.74) is 10.1. The van der Waals surface area contributed by atoms with Gasteiger partial charge in [-0.15, -0.1) is 0 Å². The van der Waals surface area contributed by atoms with Crippen LogP contribution in [0.2, 0.25) is 0 Å². The van der Waals surface area contributed by atoms with Gasteiger partial charge in [-0.1, -0.05) is 0 Å². The van der Waals surface area contributed by atoms with Gasteiger partial charge in [-0.05, 0) is 49.3 Å². The minimum Gasteiger partial charge on any atom is -0.343 e. The van der Waals surface area contributed by atoms with Crippen LogP contribution >= 0.6 is 11.5 Å². The highest BCUT2D eigenvalue weighted by atomic mass is 32.1. The monoisotopic (exact) mass is 443 g/mol. The molecule has 6 rings (SSSR count). The summed E-state index contributed by atoms with van der Waals surface area (Å²) in [5, 5.41) is 0.347. The lowest BCUT2D eigenvalue weighted by atomic mass is 9.97. The molecule has 3 aromatic rings. The average Bonchev–Trinajstić information content (AvgIpc) is 3.64. The Morgan fingerprint density at radius 1 is 1.32 bits per heavy atom. The number of hydroxylamine groups is 1. The van der Waals surface area contributed by atoms with Gasteiger partial charge in [-0.25, -0.2) is 4.39 Å². The van der Waals surface area contributed by atoms with Gasteiger partial charge in [-0.2, -0.15) is 0 Å². The molecule has 3 heterocycles. The van der Waals surface area contributed by atoms with Crippen molar-refractivity contribution in [2.45, 2.75) is 37.3 Å². The van der Waals surface area contributed by atoms with Crippen LogP contribution in [-0.4, -0.2) is 28.1 Å². The SMILES string of the molecule is CONC1=CN(c2cc3c(cc2F)c(=O)c2c(=O)[nH]sc2n3C2CC2)CC1C1(N)CC1. The van der Waals surface area contributed by atoms with Gasteiger partial charge < -0.3 is 15.2 Å². The summed E-state index contributed by atoms with van der Waals surface area (Å²) in [6.45, 7) is 0.526. The molecule has 162 valence electrons. The van der Waals surface area contributed by atoms with Crippen LogP contribution in [-0.2, 0) is 4.84 Å². The van der Waals surface area contributed by atoms with Crippen molar-refractivity contribution in [3.8, 4) is 0 Å². The maximum absolute atomic E-state index is 15.3. The molecule has 2 fully saturated rings. The van der Waals surface area contributed by atoms with Crippen LogP contribution in [0.3, 0.4) is 0 Å². The van der Waals surface area contributed by atoms with Gasteiger partial charge in [0.15, 0.2) is 0 Å². The molecular formula is C21H22FN5O3S. The molecule has 2 aromatic heterocycles. The van der Waals surface area contributed by atoms with Crippen molar-refractivity contribution in [3.63, 3.8) is 0 Å². The molecule has 4 N–H and O–H groups in total. The van der Waals surface area contributed by atoms with E-state index in [1.165, 1.54) is 13.2 Å². The Bertz CT molecular complexity index is 1380. The lowest BCUT2D eigenvalue weighted by Gasteiger charge is -2.24. The Hall–Kier alpha value is -2.69. The topological polar surface area (TPSA) is 105 Å². The molecule has 0 amide bonds. The number of pyridine rings is 1. The van der Waals surface area contributed by atoms with E-state index in [9.17, 15) is 9.59 Å². The minimum absolute atomic E-state index is 0.00516. The number of fused-ring (bicyclic) bond motifs is 2. The second kappa shape index (κ2) is 6.41. The second-order valence-electron chi connectivity index (χ2n) is 8.79. The summed E-state index contributed by atoms with van der Waals surface area (Å²) in [5.74, 6) is -0.501. The van der Waals surface area contributed by atoms with Crippen molar-refractivity contribution < 1.29 is 9.23 Å². The maximum Gasteiger partial charge on any atom is 0.271 e. The summed E-state index contributed by atoms with van der Waals surface area (Å²) in [6, 6.07) is 3.21. The summed E-state index contributed by atoms with van der Waals surface area (Å²) in [7, 11) is 1.54. The fraction of sp³-hybridized carbons (Fsp3) is 0.429. The third-order valence-corrected chi connectivity index (χ3v) is 7.59. The maximum atomic E-state index is 15.3. The molecule has 1 unspecified atom stereocenters. The van der Waals surface area contributed by atoms with Crippen molar-refractivity contribution >= 4 is 38.3 Å². The molecule has 1 aliphatic heterocycles. The van der Waals surface area contributed by atoms with E-state index in [4.69, 9.17) is 10.6 Å². The fourth-order valence-electron chi connectivity index (χ4n) is 4.73. The number of nitrogens with two attached hydrogens (primary N) is 1. The largest absolute Gasteiger partial charge is 0.343 e. The quantitative estimate of drug-likeness (QED) is 0.523. The molecular weight excluding hydrogens is 421 g/mol. The number of aromatic nitrogens is 2. The smallest absolute Gasteiger partial charge is 0.271 e. The third-order valence-electron chi connectivity index (χ3n) is 6.71. The first-order valence-corrected chi connectivity index (χ1v) is 11.2. The van der Waals surface area contributed by atoms with Gasteiger partial charge in [0, 0.05) is 35.6 Å². The minimum atomic E-state index is -0.506. The van der Waals surface area contributed by atoms with E-state index < -0.39 is 16.8 Å². The van der Waals surface area contributed by atoms with Crippen LogP contribution in [0.4, 0.5) is 10.1 Å². The summed E-state index contributed by atoms with van der Waals surface area (Å²) >= 11 is 1.16. The molecule has 8 nitrogen and oxygen atoms in total. The van der Waals surface area contributed by atoms with Crippen LogP contribution < -0.4 is 27.1 Å². The van der Waals surface area contributed by atoms with Crippen molar-refractivity contribution in [1.82, 2.24) is 14.4 Å². The van der Waals surface area contributed by atoms with Gasteiger partial charge in [0.25, 0.3) is 5.56 Å². The Morgan fingerprint density at radius 2 is 2.10 bits per heavy atom. The molecule has 1 aromatic carbocycles. The molecule has 10 heteroatoms.